The number of aromatic nitrogens is 2. The standard InChI is InChI=1S/C9H15N2O3P/c1-5-14-9(12)7-6(2)8(11-10-7)15(3,4)13/h5H2,1-4H3,(H,10,11). The molecule has 0 atom stereocenters. The van der Waals surface area contributed by atoms with Crippen LogP contribution in [0.4, 0.5) is 0 Å². The largest absolute Gasteiger partial charge is 0.461 e. The monoisotopic (exact) mass is 230 g/mol. The Kier molecular flexibility index (Phi) is 3.35. The van der Waals surface area contributed by atoms with Crippen molar-refractivity contribution in [1.82, 2.24) is 10.2 Å². The summed E-state index contributed by atoms with van der Waals surface area (Å²) in [7, 11) is -2.42. The molecule has 1 aromatic rings. The third-order valence-corrected chi connectivity index (χ3v) is 3.50. The van der Waals surface area contributed by atoms with Crippen molar-refractivity contribution in [3.05, 3.63) is 11.3 Å². The van der Waals surface area contributed by atoms with Gasteiger partial charge in [-0.15, -0.1) is 0 Å². The molecule has 5 nitrogen and oxygen atoms in total. The molecule has 0 fully saturated rings. The predicted octanol–water partition coefficient (Wildman–Crippen LogP) is 1.14. The van der Waals surface area contributed by atoms with Crippen LogP contribution in [0, 0.1) is 6.92 Å². The molecule has 0 saturated heterocycles. The van der Waals surface area contributed by atoms with Crippen molar-refractivity contribution < 1.29 is 14.1 Å². The highest BCUT2D eigenvalue weighted by Crippen LogP contribution is 2.35. The maximum absolute atomic E-state index is 11.8. The third-order valence-electron chi connectivity index (χ3n) is 1.99. The van der Waals surface area contributed by atoms with Gasteiger partial charge in [0.1, 0.15) is 7.14 Å². The Morgan fingerprint density at radius 3 is 2.53 bits per heavy atom. The maximum Gasteiger partial charge on any atom is 0.359 e. The van der Waals surface area contributed by atoms with Crippen molar-refractivity contribution in [2.24, 2.45) is 0 Å². The number of hydrogen-bond acceptors (Lipinski definition) is 4. The maximum atomic E-state index is 11.8. The number of nitrogens with zero attached hydrogens (tertiary/aromatic N) is 1. The Labute approximate surface area is 88.6 Å². The van der Waals surface area contributed by atoms with Gasteiger partial charge in [-0.3, -0.25) is 5.10 Å². The Hall–Kier alpha value is -1.09. The summed E-state index contributed by atoms with van der Waals surface area (Å²) in [6, 6.07) is 0. The van der Waals surface area contributed by atoms with Gasteiger partial charge < -0.3 is 9.30 Å². The second kappa shape index (κ2) is 4.19. The van der Waals surface area contributed by atoms with E-state index < -0.39 is 13.1 Å². The molecule has 15 heavy (non-hydrogen) atoms. The van der Waals surface area contributed by atoms with Gasteiger partial charge in [-0.2, -0.15) is 5.10 Å². The number of ether oxygens (including phenoxy) is 1. The van der Waals surface area contributed by atoms with Crippen molar-refractivity contribution in [1.29, 1.82) is 0 Å². The van der Waals surface area contributed by atoms with Gasteiger partial charge in [-0.25, -0.2) is 4.79 Å². The first kappa shape index (κ1) is 12.0. The van der Waals surface area contributed by atoms with E-state index in [2.05, 4.69) is 10.2 Å². The van der Waals surface area contributed by atoms with Crippen LogP contribution >= 0.6 is 7.14 Å². The molecule has 1 N–H and O–H groups in total. The van der Waals surface area contributed by atoms with Gasteiger partial charge in [0.2, 0.25) is 0 Å². The van der Waals surface area contributed by atoms with Crippen LogP contribution in [-0.2, 0) is 9.30 Å². The number of nitrogens with one attached hydrogen (secondary N) is 1. The number of carbonyl (C=O) groups is 1. The van der Waals surface area contributed by atoms with Crippen LogP contribution in [0.5, 0.6) is 0 Å². The summed E-state index contributed by atoms with van der Waals surface area (Å²) in [6.07, 6.45) is 0. The highest BCUT2D eigenvalue weighted by molar-refractivity contribution is 7.70. The Bertz CT molecular complexity index is 419. The molecule has 1 heterocycles. The van der Waals surface area contributed by atoms with Crippen LogP contribution in [0.2, 0.25) is 0 Å². The lowest BCUT2D eigenvalue weighted by Gasteiger charge is -2.04. The van der Waals surface area contributed by atoms with Crippen LogP contribution in [0.1, 0.15) is 23.0 Å². The van der Waals surface area contributed by atoms with E-state index in [1.54, 1.807) is 27.2 Å². The number of hydrogen-bond donors (Lipinski definition) is 1. The second-order valence-corrected chi connectivity index (χ2v) is 6.77. The molecule has 1 rings (SSSR count). The number of aromatic amines is 1. The van der Waals surface area contributed by atoms with E-state index >= 15 is 0 Å². The SMILES string of the molecule is CCOC(=O)c1n[nH]c(P(C)(C)=O)c1C. The molecule has 0 unspecified atom stereocenters. The van der Waals surface area contributed by atoms with Crippen LogP contribution in [0.3, 0.4) is 0 Å². The van der Waals surface area contributed by atoms with Crippen LogP contribution in [0.25, 0.3) is 0 Å². The molecule has 84 valence electrons. The number of H-pyrrole nitrogens is 1. The van der Waals surface area contributed by atoms with E-state index in [0.717, 1.165) is 0 Å². The number of rotatable bonds is 3. The minimum Gasteiger partial charge on any atom is -0.461 e. The first-order valence-electron chi connectivity index (χ1n) is 4.65. The lowest BCUT2D eigenvalue weighted by atomic mass is 10.3. The highest BCUT2D eigenvalue weighted by Gasteiger charge is 2.23. The molecule has 0 bridgehead atoms. The minimum absolute atomic E-state index is 0.218. The van der Waals surface area contributed by atoms with Gasteiger partial charge in [-0.05, 0) is 27.2 Å². The fraction of sp³-hybridized carbons (Fsp3) is 0.556. The zero-order valence-electron chi connectivity index (χ0n) is 9.33. The number of esters is 1. The lowest BCUT2D eigenvalue weighted by molar-refractivity contribution is 0.0518. The average molecular weight is 230 g/mol. The van der Waals surface area contributed by atoms with Crippen molar-refractivity contribution in [3.8, 4) is 0 Å². The lowest BCUT2D eigenvalue weighted by Crippen LogP contribution is -2.10. The van der Waals surface area contributed by atoms with Crippen molar-refractivity contribution in [2.75, 3.05) is 19.9 Å². The summed E-state index contributed by atoms with van der Waals surface area (Å²) in [4.78, 5) is 11.4. The van der Waals surface area contributed by atoms with Crippen LogP contribution in [0.15, 0.2) is 0 Å². The van der Waals surface area contributed by atoms with Gasteiger partial charge in [0.05, 0.1) is 12.0 Å². The van der Waals surface area contributed by atoms with Crippen molar-refractivity contribution >= 4 is 18.5 Å². The fourth-order valence-electron chi connectivity index (χ4n) is 1.31. The van der Waals surface area contributed by atoms with Gasteiger partial charge >= 0.3 is 5.97 Å². The third kappa shape index (κ3) is 2.48. The summed E-state index contributed by atoms with van der Waals surface area (Å²) in [5, 5.41) is 6.47. The summed E-state index contributed by atoms with van der Waals surface area (Å²) in [6.45, 7) is 7.00. The topological polar surface area (TPSA) is 72.0 Å². The average Bonchev–Trinajstić information content (AvgIpc) is 2.46. The Morgan fingerprint density at radius 2 is 2.13 bits per heavy atom. The molecule has 6 heteroatoms. The molecular formula is C9H15N2O3P. The van der Waals surface area contributed by atoms with Crippen LogP contribution < -0.4 is 5.44 Å². The van der Waals surface area contributed by atoms with E-state index in [9.17, 15) is 9.36 Å². The van der Waals surface area contributed by atoms with Crippen molar-refractivity contribution in [2.45, 2.75) is 13.8 Å². The molecule has 0 aliphatic carbocycles. The fourth-order valence-corrected chi connectivity index (χ4v) is 2.52. The predicted molar refractivity (Wildman–Crippen MR) is 58.4 cm³/mol. The van der Waals surface area contributed by atoms with Gasteiger partial charge in [0.15, 0.2) is 5.69 Å². The molecule has 0 saturated carbocycles. The zero-order valence-corrected chi connectivity index (χ0v) is 10.2. The summed E-state index contributed by atoms with van der Waals surface area (Å²) < 4.78 is 16.6. The highest BCUT2D eigenvalue weighted by atomic mass is 31.2. The number of carbonyl (C=O) groups excluding carboxylic acids is 1. The Morgan fingerprint density at radius 1 is 1.53 bits per heavy atom. The van der Waals surface area contributed by atoms with E-state index in [1.807, 2.05) is 0 Å². The first-order valence-corrected chi connectivity index (χ1v) is 7.25. The molecule has 0 spiro atoms. The van der Waals surface area contributed by atoms with Crippen LogP contribution in [-0.4, -0.2) is 36.1 Å². The Balaban J connectivity index is 3.10. The molecule has 0 radical (unpaired) electrons. The minimum atomic E-state index is -2.42. The zero-order chi connectivity index (χ0) is 11.6. The molecule has 0 aliphatic rings. The molecule has 0 aromatic carbocycles. The summed E-state index contributed by atoms with van der Waals surface area (Å²) in [5.41, 5.74) is 1.36. The summed E-state index contributed by atoms with van der Waals surface area (Å²) in [5.74, 6) is -0.481. The smallest absolute Gasteiger partial charge is 0.359 e. The first-order chi connectivity index (χ1) is 6.88. The van der Waals surface area contributed by atoms with E-state index in [-0.39, 0.29) is 5.69 Å². The van der Waals surface area contributed by atoms with Gasteiger partial charge in [0.25, 0.3) is 0 Å². The molecule has 0 amide bonds. The van der Waals surface area contributed by atoms with E-state index in [0.29, 0.717) is 17.6 Å². The molecular weight excluding hydrogens is 215 g/mol. The van der Waals surface area contributed by atoms with E-state index in [1.165, 1.54) is 0 Å². The van der Waals surface area contributed by atoms with Crippen molar-refractivity contribution in [3.63, 3.8) is 0 Å². The quantitative estimate of drug-likeness (QED) is 0.624. The van der Waals surface area contributed by atoms with Gasteiger partial charge in [-0.1, -0.05) is 0 Å². The summed E-state index contributed by atoms with van der Waals surface area (Å²) >= 11 is 0. The second-order valence-electron chi connectivity index (χ2n) is 3.62. The molecule has 1 aromatic heterocycles. The van der Waals surface area contributed by atoms with E-state index in [4.69, 9.17) is 4.74 Å². The normalized spacial score (nSPS) is 11.5. The van der Waals surface area contributed by atoms with Gasteiger partial charge in [0, 0.05) is 5.56 Å². The molecule has 0 aliphatic heterocycles.